The summed E-state index contributed by atoms with van der Waals surface area (Å²) in [6.07, 6.45) is 0. The van der Waals surface area contributed by atoms with Crippen molar-refractivity contribution in [3.05, 3.63) is 66.7 Å². The normalized spacial score (nSPS) is 10.7. The van der Waals surface area contributed by atoms with Crippen LogP contribution in [0.5, 0.6) is 5.75 Å². The first kappa shape index (κ1) is 16.7. The average Bonchev–Trinajstić information content (AvgIpc) is 2.69. The third kappa shape index (κ3) is 3.32. The quantitative estimate of drug-likeness (QED) is 0.473. The molecular weight excluding hydrogens is 338 g/mol. The van der Waals surface area contributed by atoms with Crippen LogP contribution in [0.4, 0.5) is 22.9 Å². The molecule has 0 unspecified atom stereocenters. The van der Waals surface area contributed by atoms with Gasteiger partial charge in [0.25, 0.3) is 0 Å². The summed E-state index contributed by atoms with van der Waals surface area (Å²) < 4.78 is 5.21. The lowest BCUT2D eigenvalue weighted by atomic mass is 10.1. The molecule has 4 aromatic rings. The Balaban J connectivity index is 1.87. The molecule has 6 heteroatoms. The summed E-state index contributed by atoms with van der Waals surface area (Å²) in [5, 5.41) is 3.34. The number of nitrogen functional groups attached to an aromatic ring is 2. The van der Waals surface area contributed by atoms with Crippen LogP contribution in [0.3, 0.4) is 0 Å². The Morgan fingerprint density at radius 2 is 1.63 bits per heavy atom. The first-order chi connectivity index (χ1) is 13.1. The van der Waals surface area contributed by atoms with Gasteiger partial charge in [0.2, 0.25) is 0 Å². The fourth-order valence-electron chi connectivity index (χ4n) is 2.90. The minimum atomic E-state index is 0.505. The Kier molecular flexibility index (Phi) is 4.22. The number of rotatable bonds is 4. The van der Waals surface area contributed by atoms with Crippen molar-refractivity contribution in [3.8, 4) is 17.0 Å². The van der Waals surface area contributed by atoms with E-state index in [1.165, 1.54) is 0 Å². The Labute approximate surface area is 156 Å². The first-order valence-electron chi connectivity index (χ1n) is 8.47. The predicted octanol–water partition coefficient (Wildman–Crippen LogP) is 4.21. The van der Waals surface area contributed by atoms with Gasteiger partial charge >= 0.3 is 0 Å². The van der Waals surface area contributed by atoms with Gasteiger partial charge in [-0.25, -0.2) is 9.97 Å². The number of hydrogen-bond donors (Lipinski definition) is 3. The van der Waals surface area contributed by atoms with Crippen LogP contribution in [0, 0.1) is 0 Å². The van der Waals surface area contributed by atoms with Crippen molar-refractivity contribution in [2.45, 2.75) is 0 Å². The van der Waals surface area contributed by atoms with Crippen molar-refractivity contribution in [3.63, 3.8) is 0 Å². The molecule has 0 radical (unpaired) electrons. The molecule has 0 fully saturated rings. The van der Waals surface area contributed by atoms with Crippen molar-refractivity contribution >= 4 is 33.9 Å². The third-order valence-corrected chi connectivity index (χ3v) is 4.22. The van der Waals surface area contributed by atoms with Crippen LogP contribution in [-0.2, 0) is 0 Å². The van der Waals surface area contributed by atoms with Gasteiger partial charge in [0.1, 0.15) is 17.0 Å². The smallest absolute Gasteiger partial charge is 0.157 e. The summed E-state index contributed by atoms with van der Waals surface area (Å²) in [6, 6.07) is 20.9. The van der Waals surface area contributed by atoms with Crippen molar-refractivity contribution < 1.29 is 4.74 Å². The van der Waals surface area contributed by atoms with E-state index in [2.05, 4.69) is 5.32 Å². The van der Waals surface area contributed by atoms with Gasteiger partial charge in [-0.1, -0.05) is 30.3 Å². The molecule has 0 aliphatic carbocycles. The number of benzene rings is 3. The average molecular weight is 357 g/mol. The van der Waals surface area contributed by atoms with E-state index in [1.807, 2.05) is 54.6 Å². The molecule has 5 N–H and O–H groups in total. The minimum absolute atomic E-state index is 0.505. The summed E-state index contributed by atoms with van der Waals surface area (Å²) in [6.45, 7) is 0. The van der Waals surface area contributed by atoms with Gasteiger partial charge in [-0.05, 0) is 36.4 Å². The van der Waals surface area contributed by atoms with Gasteiger partial charge < -0.3 is 21.5 Å². The van der Waals surface area contributed by atoms with Gasteiger partial charge in [0.05, 0.1) is 18.3 Å². The Morgan fingerprint density at radius 1 is 0.889 bits per heavy atom. The number of nitrogens with one attached hydrogen (secondary N) is 1. The van der Waals surface area contributed by atoms with Crippen molar-refractivity contribution in [2.24, 2.45) is 0 Å². The molecule has 3 aromatic carbocycles. The summed E-state index contributed by atoms with van der Waals surface area (Å²) in [5.41, 5.74) is 16.9. The topological polar surface area (TPSA) is 99.1 Å². The maximum Gasteiger partial charge on any atom is 0.157 e. The van der Waals surface area contributed by atoms with Gasteiger partial charge in [-0.2, -0.15) is 0 Å². The highest BCUT2D eigenvalue weighted by molar-refractivity contribution is 5.93. The highest BCUT2D eigenvalue weighted by atomic mass is 16.5. The van der Waals surface area contributed by atoms with Crippen LogP contribution in [0.1, 0.15) is 0 Å². The number of hydrogen-bond acceptors (Lipinski definition) is 6. The molecule has 134 valence electrons. The van der Waals surface area contributed by atoms with E-state index in [1.54, 1.807) is 19.2 Å². The SMILES string of the molecule is COc1ccc(Nc2nc3cc(N)cc(N)c3nc2-c2ccccc2)cc1. The molecule has 0 atom stereocenters. The van der Waals surface area contributed by atoms with Crippen molar-refractivity contribution in [1.29, 1.82) is 0 Å². The number of aromatic nitrogens is 2. The fraction of sp³-hybridized carbons (Fsp3) is 0.0476. The van der Waals surface area contributed by atoms with Crippen LogP contribution < -0.4 is 21.5 Å². The maximum absolute atomic E-state index is 6.12. The Morgan fingerprint density at radius 3 is 2.33 bits per heavy atom. The molecule has 0 amide bonds. The molecule has 0 bridgehead atoms. The predicted molar refractivity (Wildman–Crippen MR) is 110 cm³/mol. The molecule has 0 aliphatic heterocycles. The second-order valence-corrected chi connectivity index (χ2v) is 6.12. The largest absolute Gasteiger partial charge is 0.497 e. The molecule has 0 saturated heterocycles. The van der Waals surface area contributed by atoms with Gasteiger partial charge in [-0.15, -0.1) is 0 Å². The molecule has 0 saturated carbocycles. The van der Waals surface area contributed by atoms with Gasteiger partial charge in [-0.3, -0.25) is 0 Å². The van der Waals surface area contributed by atoms with Gasteiger partial charge in [0, 0.05) is 16.9 Å². The van der Waals surface area contributed by atoms with Crippen LogP contribution in [0.25, 0.3) is 22.3 Å². The lowest BCUT2D eigenvalue weighted by Gasteiger charge is -2.13. The van der Waals surface area contributed by atoms with E-state index in [0.717, 1.165) is 22.7 Å². The van der Waals surface area contributed by atoms with Crippen molar-refractivity contribution in [1.82, 2.24) is 9.97 Å². The Hall–Kier alpha value is -3.80. The second kappa shape index (κ2) is 6.84. The fourth-order valence-corrected chi connectivity index (χ4v) is 2.90. The number of ether oxygens (including phenoxy) is 1. The molecule has 1 heterocycles. The monoisotopic (exact) mass is 357 g/mol. The van der Waals surface area contributed by atoms with E-state index in [-0.39, 0.29) is 0 Å². The van der Waals surface area contributed by atoms with E-state index in [9.17, 15) is 0 Å². The number of nitrogens with zero attached hydrogens (tertiary/aromatic N) is 2. The van der Waals surface area contributed by atoms with E-state index in [0.29, 0.717) is 28.2 Å². The number of anilines is 4. The zero-order valence-electron chi connectivity index (χ0n) is 14.8. The van der Waals surface area contributed by atoms with Crippen LogP contribution in [-0.4, -0.2) is 17.1 Å². The molecule has 4 rings (SSSR count). The third-order valence-electron chi connectivity index (χ3n) is 4.22. The highest BCUT2D eigenvalue weighted by Gasteiger charge is 2.13. The Bertz CT molecular complexity index is 1100. The lowest BCUT2D eigenvalue weighted by molar-refractivity contribution is 0.415. The van der Waals surface area contributed by atoms with Crippen LogP contribution in [0.2, 0.25) is 0 Å². The van der Waals surface area contributed by atoms with E-state index in [4.69, 9.17) is 26.2 Å². The van der Waals surface area contributed by atoms with Gasteiger partial charge in [0.15, 0.2) is 5.82 Å². The second-order valence-electron chi connectivity index (χ2n) is 6.12. The number of nitrogens with two attached hydrogens (primary N) is 2. The number of fused-ring (bicyclic) bond motifs is 1. The highest BCUT2D eigenvalue weighted by Crippen LogP contribution is 2.32. The first-order valence-corrected chi connectivity index (χ1v) is 8.47. The summed E-state index contributed by atoms with van der Waals surface area (Å²) in [7, 11) is 1.64. The minimum Gasteiger partial charge on any atom is -0.497 e. The lowest BCUT2D eigenvalue weighted by Crippen LogP contribution is -2.02. The molecule has 1 aromatic heterocycles. The zero-order chi connectivity index (χ0) is 18.8. The standard InChI is InChI=1S/C21H19N5O/c1-27-16-9-7-15(8-10-16)24-21-19(13-5-3-2-4-6-13)26-20-17(23)11-14(22)12-18(20)25-21/h2-12H,22-23H2,1H3,(H,24,25). The molecule has 27 heavy (non-hydrogen) atoms. The number of methoxy groups -OCH3 is 1. The summed E-state index contributed by atoms with van der Waals surface area (Å²) in [5.74, 6) is 1.41. The molecule has 0 spiro atoms. The summed E-state index contributed by atoms with van der Waals surface area (Å²) >= 11 is 0. The van der Waals surface area contributed by atoms with Crippen LogP contribution in [0.15, 0.2) is 66.7 Å². The summed E-state index contributed by atoms with van der Waals surface area (Å²) in [4.78, 5) is 9.53. The molecular formula is C21H19N5O. The maximum atomic E-state index is 6.12. The van der Waals surface area contributed by atoms with Crippen molar-refractivity contribution in [2.75, 3.05) is 23.9 Å². The zero-order valence-corrected chi connectivity index (χ0v) is 14.8. The molecule has 0 aliphatic rings. The van der Waals surface area contributed by atoms with E-state index < -0.39 is 0 Å². The van der Waals surface area contributed by atoms with Crippen LogP contribution >= 0.6 is 0 Å². The molecule has 6 nitrogen and oxygen atoms in total. The van der Waals surface area contributed by atoms with E-state index >= 15 is 0 Å².